The number of nitrogens with zero attached hydrogens (tertiary/aromatic N) is 3. The lowest BCUT2D eigenvalue weighted by Crippen LogP contribution is -2.15. The van der Waals surface area contributed by atoms with Crippen LogP contribution in [0.3, 0.4) is 0 Å². The van der Waals surface area contributed by atoms with E-state index in [1.165, 1.54) is 18.3 Å². The second kappa shape index (κ2) is 4.05. The smallest absolute Gasteiger partial charge is 0.270 e. The van der Waals surface area contributed by atoms with Crippen molar-refractivity contribution in [1.82, 2.24) is 4.98 Å². The van der Waals surface area contributed by atoms with E-state index in [1.807, 2.05) is 0 Å². The van der Waals surface area contributed by atoms with Crippen molar-refractivity contribution in [3.63, 3.8) is 0 Å². The summed E-state index contributed by atoms with van der Waals surface area (Å²) < 4.78 is 0. The van der Waals surface area contributed by atoms with Crippen molar-refractivity contribution in [2.45, 2.75) is 0 Å². The van der Waals surface area contributed by atoms with Gasteiger partial charge in [0.2, 0.25) is 0 Å². The predicted molar refractivity (Wildman–Crippen MR) is 60.9 cm³/mol. The van der Waals surface area contributed by atoms with Crippen molar-refractivity contribution in [3.8, 4) is 0 Å². The van der Waals surface area contributed by atoms with Crippen molar-refractivity contribution in [2.75, 3.05) is 0 Å². The summed E-state index contributed by atoms with van der Waals surface area (Å²) in [5, 5.41) is 23.3. The van der Waals surface area contributed by atoms with Gasteiger partial charge in [0.25, 0.3) is 5.69 Å². The van der Waals surface area contributed by atoms with Gasteiger partial charge in [-0.25, -0.2) is 0 Å². The van der Waals surface area contributed by atoms with E-state index in [0.717, 1.165) is 5.39 Å². The van der Waals surface area contributed by atoms with Gasteiger partial charge in [-0.3, -0.25) is 15.1 Å². The SMILES string of the molecule is N/C(=N/O)c1nccc2ccc([N+](=O)[O-])cc12. The van der Waals surface area contributed by atoms with Crippen molar-refractivity contribution < 1.29 is 10.1 Å². The van der Waals surface area contributed by atoms with Gasteiger partial charge >= 0.3 is 0 Å². The van der Waals surface area contributed by atoms with Gasteiger partial charge in [0, 0.05) is 23.7 Å². The molecule has 0 atom stereocenters. The molecule has 0 unspecified atom stereocenters. The van der Waals surface area contributed by atoms with Crippen LogP contribution in [0.15, 0.2) is 35.6 Å². The molecular formula is C10H8N4O3. The lowest BCUT2D eigenvalue weighted by Gasteiger charge is -2.03. The maximum Gasteiger partial charge on any atom is 0.270 e. The predicted octanol–water partition coefficient (Wildman–Crippen LogP) is 1.24. The first-order valence-corrected chi connectivity index (χ1v) is 4.64. The molecule has 1 aromatic heterocycles. The van der Waals surface area contributed by atoms with Crippen molar-refractivity contribution in [1.29, 1.82) is 0 Å². The van der Waals surface area contributed by atoms with Gasteiger partial charge in [-0.1, -0.05) is 5.16 Å². The van der Waals surface area contributed by atoms with Crippen LogP contribution in [0.1, 0.15) is 5.69 Å². The van der Waals surface area contributed by atoms with Crippen molar-refractivity contribution in [2.24, 2.45) is 10.9 Å². The Hall–Kier alpha value is -2.70. The molecule has 1 aromatic carbocycles. The first-order chi connectivity index (χ1) is 8.13. The molecule has 0 aliphatic heterocycles. The maximum absolute atomic E-state index is 10.7. The highest BCUT2D eigenvalue weighted by atomic mass is 16.6. The summed E-state index contributed by atoms with van der Waals surface area (Å²) in [6.07, 6.45) is 1.49. The largest absolute Gasteiger partial charge is 0.409 e. The summed E-state index contributed by atoms with van der Waals surface area (Å²) in [5.41, 5.74) is 5.60. The minimum atomic E-state index is -0.511. The molecule has 0 bridgehead atoms. The number of non-ortho nitro benzene ring substituents is 1. The normalized spacial score (nSPS) is 11.6. The van der Waals surface area contributed by atoms with Gasteiger partial charge in [0.05, 0.1) is 4.92 Å². The number of rotatable bonds is 2. The van der Waals surface area contributed by atoms with E-state index in [2.05, 4.69) is 10.1 Å². The molecule has 2 rings (SSSR count). The maximum atomic E-state index is 10.7. The van der Waals surface area contributed by atoms with E-state index in [0.29, 0.717) is 5.39 Å². The van der Waals surface area contributed by atoms with Crippen LogP contribution in [-0.2, 0) is 0 Å². The Labute approximate surface area is 95.3 Å². The first-order valence-electron chi connectivity index (χ1n) is 4.64. The average Bonchev–Trinajstić information content (AvgIpc) is 2.36. The number of nitrogens with two attached hydrogens (primary N) is 1. The zero-order chi connectivity index (χ0) is 12.4. The van der Waals surface area contributed by atoms with Gasteiger partial charge in [-0.2, -0.15) is 0 Å². The Morgan fingerprint density at radius 2 is 2.24 bits per heavy atom. The molecule has 1 heterocycles. The number of benzene rings is 1. The molecule has 0 saturated heterocycles. The summed E-state index contributed by atoms with van der Waals surface area (Å²) in [6, 6.07) is 6.00. The Kier molecular flexibility index (Phi) is 2.57. The summed E-state index contributed by atoms with van der Waals surface area (Å²) in [4.78, 5) is 14.1. The topological polar surface area (TPSA) is 115 Å². The van der Waals surface area contributed by atoms with Gasteiger partial charge in [0.1, 0.15) is 5.69 Å². The molecule has 0 amide bonds. The van der Waals surface area contributed by atoms with E-state index >= 15 is 0 Å². The summed E-state index contributed by atoms with van der Waals surface area (Å²) >= 11 is 0. The Morgan fingerprint density at radius 3 is 2.88 bits per heavy atom. The van der Waals surface area contributed by atoms with Gasteiger partial charge in [-0.05, 0) is 17.5 Å². The first kappa shape index (κ1) is 10.8. The third-order valence-corrected chi connectivity index (χ3v) is 2.31. The zero-order valence-corrected chi connectivity index (χ0v) is 8.57. The van der Waals surface area contributed by atoms with Gasteiger partial charge < -0.3 is 10.9 Å². The van der Waals surface area contributed by atoms with Crippen molar-refractivity contribution in [3.05, 3.63) is 46.3 Å². The summed E-state index contributed by atoms with van der Waals surface area (Å²) in [5.74, 6) is -0.184. The number of nitro groups is 1. The van der Waals surface area contributed by atoms with E-state index in [9.17, 15) is 10.1 Å². The second-order valence-electron chi connectivity index (χ2n) is 3.31. The fourth-order valence-corrected chi connectivity index (χ4v) is 1.52. The molecule has 7 nitrogen and oxygen atoms in total. The standard InChI is InChI=1S/C10H8N4O3/c11-10(13-15)9-8-5-7(14(16)17)2-1-6(8)3-4-12-9/h1-5,15H,(H2,11,13). The second-order valence-corrected chi connectivity index (χ2v) is 3.31. The average molecular weight is 232 g/mol. The highest BCUT2D eigenvalue weighted by Gasteiger charge is 2.11. The molecule has 0 aliphatic rings. The fraction of sp³-hybridized carbons (Fsp3) is 0. The Morgan fingerprint density at radius 1 is 1.47 bits per heavy atom. The van der Waals surface area contributed by atoms with Gasteiger partial charge in [0.15, 0.2) is 5.84 Å². The van der Waals surface area contributed by atoms with Crippen molar-refractivity contribution >= 4 is 22.3 Å². The van der Waals surface area contributed by atoms with E-state index in [-0.39, 0.29) is 17.2 Å². The quantitative estimate of drug-likeness (QED) is 0.266. The van der Waals surface area contributed by atoms with Gasteiger partial charge in [-0.15, -0.1) is 0 Å². The van der Waals surface area contributed by atoms with Crippen LogP contribution in [0.5, 0.6) is 0 Å². The minimum absolute atomic E-state index is 0.0718. The molecule has 2 aromatic rings. The molecular weight excluding hydrogens is 224 g/mol. The van der Waals surface area contributed by atoms with Crippen LogP contribution in [0, 0.1) is 10.1 Å². The van der Waals surface area contributed by atoms with Crippen LogP contribution < -0.4 is 5.73 Å². The molecule has 86 valence electrons. The van der Waals surface area contributed by atoms with Crippen LogP contribution in [0.25, 0.3) is 10.8 Å². The highest BCUT2D eigenvalue weighted by Crippen LogP contribution is 2.22. The van der Waals surface area contributed by atoms with Crippen LogP contribution in [0.2, 0.25) is 0 Å². The molecule has 7 heteroatoms. The number of hydrogen-bond acceptors (Lipinski definition) is 5. The monoisotopic (exact) mass is 232 g/mol. The third kappa shape index (κ3) is 1.85. The van der Waals surface area contributed by atoms with Crippen LogP contribution >= 0.6 is 0 Å². The Balaban J connectivity index is 2.77. The molecule has 0 saturated carbocycles. The van der Waals surface area contributed by atoms with Crippen LogP contribution in [-0.4, -0.2) is 21.0 Å². The molecule has 0 aliphatic carbocycles. The number of oxime groups is 1. The Bertz CT molecular complexity index is 624. The zero-order valence-electron chi connectivity index (χ0n) is 8.57. The molecule has 0 spiro atoms. The summed E-state index contributed by atoms with van der Waals surface area (Å²) in [6.45, 7) is 0. The third-order valence-electron chi connectivity index (χ3n) is 2.31. The van der Waals surface area contributed by atoms with Crippen LogP contribution in [0.4, 0.5) is 5.69 Å². The molecule has 17 heavy (non-hydrogen) atoms. The number of pyridine rings is 1. The number of aromatic nitrogens is 1. The highest BCUT2D eigenvalue weighted by molar-refractivity contribution is 6.07. The van der Waals surface area contributed by atoms with E-state index < -0.39 is 4.92 Å². The number of fused-ring (bicyclic) bond motifs is 1. The minimum Gasteiger partial charge on any atom is -0.409 e. The number of hydrogen-bond donors (Lipinski definition) is 2. The van der Waals surface area contributed by atoms with E-state index in [4.69, 9.17) is 10.9 Å². The van der Waals surface area contributed by atoms with E-state index in [1.54, 1.807) is 12.1 Å². The summed E-state index contributed by atoms with van der Waals surface area (Å²) in [7, 11) is 0. The number of amidine groups is 1. The lowest BCUT2D eigenvalue weighted by atomic mass is 10.1. The number of nitro benzene ring substituents is 1. The lowest BCUT2D eigenvalue weighted by molar-refractivity contribution is -0.384. The molecule has 0 radical (unpaired) electrons. The fourth-order valence-electron chi connectivity index (χ4n) is 1.52. The molecule has 0 fully saturated rings. The molecule has 3 N–H and O–H groups in total.